The summed E-state index contributed by atoms with van der Waals surface area (Å²) >= 11 is 0. The molecule has 0 aliphatic heterocycles. The monoisotopic (exact) mass is 250 g/mol. The minimum atomic E-state index is 0.215. The fourth-order valence-corrected chi connectivity index (χ4v) is 2.70. The van der Waals surface area contributed by atoms with Gasteiger partial charge in [0.05, 0.1) is 0 Å². The molecule has 0 aliphatic rings. The zero-order valence-electron chi connectivity index (χ0n) is 12.5. The van der Waals surface area contributed by atoms with Crippen molar-refractivity contribution in [2.24, 2.45) is 5.92 Å². The van der Waals surface area contributed by atoms with Gasteiger partial charge in [0.25, 0.3) is 0 Å². The number of hydrogen-bond acceptors (Lipinski definition) is 2. The highest BCUT2D eigenvalue weighted by Crippen LogP contribution is 2.41. The summed E-state index contributed by atoms with van der Waals surface area (Å²) in [7, 11) is 0. The molecule has 0 bridgehead atoms. The molecule has 0 unspecified atom stereocenters. The summed E-state index contributed by atoms with van der Waals surface area (Å²) in [5.74, 6) is 1.44. The molecule has 1 aromatic carbocycles. The first-order valence-electron chi connectivity index (χ1n) is 6.87. The fourth-order valence-electron chi connectivity index (χ4n) is 2.70. The van der Waals surface area contributed by atoms with Crippen LogP contribution >= 0.6 is 0 Å². The zero-order valence-corrected chi connectivity index (χ0v) is 12.5. The van der Waals surface area contributed by atoms with E-state index in [2.05, 4.69) is 13.8 Å². The molecule has 102 valence electrons. The van der Waals surface area contributed by atoms with Crippen LogP contribution in [-0.4, -0.2) is 10.2 Å². The molecule has 0 fully saturated rings. The lowest BCUT2D eigenvalue weighted by atomic mass is 9.86. The smallest absolute Gasteiger partial charge is 0.123 e. The molecule has 0 saturated heterocycles. The Morgan fingerprint density at radius 3 is 1.89 bits per heavy atom. The van der Waals surface area contributed by atoms with Crippen LogP contribution < -0.4 is 0 Å². The maximum atomic E-state index is 10.5. The number of rotatable bonds is 4. The largest absolute Gasteiger partial charge is 0.507 e. The Bertz CT molecular complexity index is 431. The molecule has 18 heavy (non-hydrogen) atoms. The molecule has 0 heterocycles. The Morgan fingerprint density at radius 1 is 0.944 bits per heavy atom. The van der Waals surface area contributed by atoms with Crippen molar-refractivity contribution < 1.29 is 10.2 Å². The summed E-state index contributed by atoms with van der Waals surface area (Å²) in [5, 5.41) is 20.8. The van der Waals surface area contributed by atoms with Crippen LogP contribution in [-0.2, 0) is 12.8 Å². The minimum Gasteiger partial charge on any atom is -0.507 e. The van der Waals surface area contributed by atoms with Crippen molar-refractivity contribution in [3.05, 3.63) is 22.3 Å². The van der Waals surface area contributed by atoms with Crippen LogP contribution in [0.1, 0.15) is 62.8 Å². The SMILES string of the molecule is CCc1c(O)c(C)c(C(C)C)c(O)c1CC(C)C. The van der Waals surface area contributed by atoms with Gasteiger partial charge in [-0.05, 0) is 37.2 Å². The summed E-state index contributed by atoms with van der Waals surface area (Å²) in [6.07, 6.45) is 1.56. The summed E-state index contributed by atoms with van der Waals surface area (Å²) in [5.41, 5.74) is 3.55. The lowest BCUT2D eigenvalue weighted by Gasteiger charge is -2.22. The molecule has 0 radical (unpaired) electrons. The van der Waals surface area contributed by atoms with Crippen molar-refractivity contribution in [1.29, 1.82) is 0 Å². The average molecular weight is 250 g/mol. The Labute approximate surface area is 111 Å². The highest BCUT2D eigenvalue weighted by atomic mass is 16.3. The number of hydrogen-bond donors (Lipinski definition) is 2. The normalized spacial score (nSPS) is 11.6. The van der Waals surface area contributed by atoms with Crippen LogP contribution in [0.2, 0.25) is 0 Å². The average Bonchev–Trinajstić information content (AvgIpc) is 2.25. The summed E-state index contributed by atoms with van der Waals surface area (Å²) in [6, 6.07) is 0. The lowest BCUT2D eigenvalue weighted by Crippen LogP contribution is -2.05. The topological polar surface area (TPSA) is 40.5 Å². The summed E-state index contributed by atoms with van der Waals surface area (Å²) < 4.78 is 0. The second kappa shape index (κ2) is 5.64. The van der Waals surface area contributed by atoms with E-state index >= 15 is 0 Å². The van der Waals surface area contributed by atoms with Crippen LogP contribution in [0, 0.1) is 12.8 Å². The molecule has 1 aromatic rings. The van der Waals surface area contributed by atoms with E-state index in [-0.39, 0.29) is 5.92 Å². The third-order valence-corrected chi connectivity index (χ3v) is 3.49. The van der Waals surface area contributed by atoms with Gasteiger partial charge in [0.1, 0.15) is 11.5 Å². The number of phenolic OH excluding ortho intramolecular Hbond substituents is 2. The molecule has 0 atom stereocenters. The van der Waals surface area contributed by atoms with Crippen LogP contribution in [0.5, 0.6) is 11.5 Å². The first kappa shape index (κ1) is 14.9. The predicted molar refractivity (Wildman–Crippen MR) is 76.5 cm³/mol. The Morgan fingerprint density at radius 2 is 1.50 bits per heavy atom. The number of aromatic hydroxyl groups is 2. The van der Waals surface area contributed by atoms with Crippen LogP contribution in [0.3, 0.4) is 0 Å². The first-order chi connectivity index (χ1) is 8.31. The third kappa shape index (κ3) is 2.63. The first-order valence-corrected chi connectivity index (χ1v) is 6.87. The molecule has 2 N–H and O–H groups in total. The van der Waals surface area contributed by atoms with Gasteiger partial charge in [0, 0.05) is 16.7 Å². The van der Waals surface area contributed by atoms with Gasteiger partial charge in [-0.2, -0.15) is 0 Å². The summed E-state index contributed by atoms with van der Waals surface area (Å²) in [6.45, 7) is 12.3. The number of phenols is 2. The quantitative estimate of drug-likeness (QED) is 0.783. The molecule has 0 spiro atoms. The van der Waals surface area contributed by atoms with Crippen LogP contribution in [0.4, 0.5) is 0 Å². The van der Waals surface area contributed by atoms with E-state index in [1.54, 1.807) is 0 Å². The van der Waals surface area contributed by atoms with E-state index in [4.69, 9.17) is 0 Å². The van der Waals surface area contributed by atoms with Gasteiger partial charge in [0.15, 0.2) is 0 Å². The Hall–Kier alpha value is -1.18. The van der Waals surface area contributed by atoms with E-state index in [0.29, 0.717) is 17.4 Å². The van der Waals surface area contributed by atoms with Crippen molar-refractivity contribution >= 4 is 0 Å². The van der Waals surface area contributed by atoms with Crippen LogP contribution in [0.15, 0.2) is 0 Å². The number of benzene rings is 1. The fraction of sp³-hybridized carbons (Fsp3) is 0.625. The molecular formula is C16H26O2. The molecule has 1 rings (SSSR count). The van der Waals surface area contributed by atoms with Crippen molar-refractivity contribution in [2.75, 3.05) is 0 Å². The van der Waals surface area contributed by atoms with Crippen molar-refractivity contribution in [2.45, 2.75) is 60.3 Å². The van der Waals surface area contributed by atoms with Gasteiger partial charge in [-0.15, -0.1) is 0 Å². The van der Waals surface area contributed by atoms with Crippen molar-refractivity contribution in [1.82, 2.24) is 0 Å². The van der Waals surface area contributed by atoms with Crippen molar-refractivity contribution in [3.8, 4) is 11.5 Å². The van der Waals surface area contributed by atoms with Gasteiger partial charge in [-0.1, -0.05) is 34.6 Å². The second-order valence-electron chi connectivity index (χ2n) is 5.80. The molecular weight excluding hydrogens is 224 g/mol. The van der Waals surface area contributed by atoms with E-state index < -0.39 is 0 Å². The molecule has 0 saturated carbocycles. The molecule has 0 aromatic heterocycles. The molecule has 2 nitrogen and oxygen atoms in total. The zero-order chi connectivity index (χ0) is 14.0. The second-order valence-corrected chi connectivity index (χ2v) is 5.80. The van der Waals surface area contributed by atoms with Gasteiger partial charge in [-0.25, -0.2) is 0 Å². The van der Waals surface area contributed by atoms with Gasteiger partial charge < -0.3 is 10.2 Å². The predicted octanol–water partition coefficient (Wildman–Crippen LogP) is 4.29. The molecule has 2 heteroatoms. The van der Waals surface area contributed by atoms with E-state index in [0.717, 1.165) is 35.1 Å². The highest BCUT2D eigenvalue weighted by Gasteiger charge is 2.22. The molecule has 0 aliphatic carbocycles. The third-order valence-electron chi connectivity index (χ3n) is 3.49. The van der Waals surface area contributed by atoms with Gasteiger partial charge in [-0.3, -0.25) is 0 Å². The Kier molecular flexibility index (Phi) is 4.66. The van der Waals surface area contributed by atoms with Crippen molar-refractivity contribution in [3.63, 3.8) is 0 Å². The Balaban J connectivity index is 3.56. The van der Waals surface area contributed by atoms with E-state index in [9.17, 15) is 10.2 Å². The maximum Gasteiger partial charge on any atom is 0.123 e. The van der Waals surface area contributed by atoms with E-state index in [1.165, 1.54) is 0 Å². The van der Waals surface area contributed by atoms with Gasteiger partial charge in [0.2, 0.25) is 0 Å². The maximum absolute atomic E-state index is 10.5. The minimum absolute atomic E-state index is 0.215. The molecule has 0 amide bonds. The highest BCUT2D eigenvalue weighted by molar-refractivity contribution is 5.58. The standard InChI is InChI=1S/C16H26O2/c1-7-12-13(8-9(2)3)16(18)14(10(4)5)11(6)15(12)17/h9-10,17-18H,7-8H2,1-6H3. The van der Waals surface area contributed by atoms with Crippen LogP contribution in [0.25, 0.3) is 0 Å². The van der Waals surface area contributed by atoms with Gasteiger partial charge >= 0.3 is 0 Å². The van der Waals surface area contributed by atoms with E-state index in [1.807, 2.05) is 27.7 Å². The summed E-state index contributed by atoms with van der Waals surface area (Å²) in [4.78, 5) is 0. The lowest BCUT2D eigenvalue weighted by molar-refractivity contribution is 0.431.